The smallest absolute Gasteiger partial charge is 0.271 e. The Labute approximate surface area is 128 Å². The van der Waals surface area contributed by atoms with Crippen molar-refractivity contribution in [1.82, 2.24) is 9.78 Å². The molecule has 0 saturated heterocycles. The number of benzene rings is 1. The summed E-state index contributed by atoms with van der Waals surface area (Å²) in [5.41, 5.74) is 9.04. The maximum atomic E-state index is 11.3. The number of nitrogens with zero attached hydrogens (tertiary/aromatic N) is 2. The third-order valence-corrected chi connectivity index (χ3v) is 3.16. The summed E-state index contributed by atoms with van der Waals surface area (Å²) in [7, 11) is 1.71. The maximum absolute atomic E-state index is 11.3. The van der Waals surface area contributed by atoms with E-state index in [1.165, 1.54) is 4.68 Å². The van der Waals surface area contributed by atoms with E-state index in [1.807, 2.05) is 32.0 Å². The molecule has 0 aliphatic heterocycles. The summed E-state index contributed by atoms with van der Waals surface area (Å²) in [6.45, 7) is 4.00. The predicted molar refractivity (Wildman–Crippen MR) is 87.5 cm³/mol. The summed E-state index contributed by atoms with van der Waals surface area (Å²) in [4.78, 5) is 11.3. The number of rotatable bonds is 3. The molecule has 110 valence electrons. The zero-order chi connectivity index (χ0) is 15.6. The normalized spacial score (nSPS) is 10.2. The van der Waals surface area contributed by atoms with Crippen LogP contribution < -0.4 is 16.4 Å². The molecule has 0 saturated carbocycles. The molecule has 2 aromatic rings. The van der Waals surface area contributed by atoms with Crippen LogP contribution in [0.4, 0.5) is 11.4 Å². The maximum Gasteiger partial charge on any atom is 0.271 e. The summed E-state index contributed by atoms with van der Waals surface area (Å²) >= 11 is 5.26. The topological polar surface area (TPSA) is 85.0 Å². The molecule has 0 fully saturated rings. The van der Waals surface area contributed by atoms with Gasteiger partial charge in [-0.05, 0) is 43.3 Å². The van der Waals surface area contributed by atoms with Crippen LogP contribution >= 0.6 is 12.2 Å². The van der Waals surface area contributed by atoms with Crippen molar-refractivity contribution in [2.75, 3.05) is 10.6 Å². The second kappa shape index (κ2) is 5.92. The van der Waals surface area contributed by atoms with E-state index in [2.05, 4.69) is 15.7 Å². The number of hydrogen-bond acceptors (Lipinski definition) is 3. The van der Waals surface area contributed by atoms with Crippen molar-refractivity contribution in [2.24, 2.45) is 12.8 Å². The van der Waals surface area contributed by atoms with Crippen molar-refractivity contribution in [1.29, 1.82) is 0 Å². The fourth-order valence-electron chi connectivity index (χ4n) is 1.91. The lowest BCUT2D eigenvalue weighted by Crippen LogP contribution is -2.22. The summed E-state index contributed by atoms with van der Waals surface area (Å²) in [6, 6.07) is 6.05. The number of anilines is 2. The Bertz CT molecular complexity index is 707. The molecular weight excluding hydrogens is 286 g/mol. The fraction of sp³-hybridized carbons (Fsp3) is 0.214. The molecule has 0 unspecified atom stereocenters. The van der Waals surface area contributed by atoms with Crippen LogP contribution in [0.3, 0.4) is 0 Å². The molecule has 4 N–H and O–H groups in total. The minimum absolute atomic E-state index is 0.155. The van der Waals surface area contributed by atoms with E-state index in [0.717, 1.165) is 16.8 Å². The Morgan fingerprint density at radius 3 is 2.62 bits per heavy atom. The number of aryl methyl sites for hydroxylation is 3. The molecule has 0 aliphatic rings. The Kier molecular flexibility index (Phi) is 4.23. The SMILES string of the molecule is Cc1ccc(C)c(NC(=S)Nc2cn(C)nc2C(N)=O)c1. The van der Waals surface area contributed by atoms with Crippen LogP contribution in [0.5, 0.6) is 0 Å². The number of amides is 1. The van der Waals surface area contributed by atoms with Gasteiger partial charge in [0.25, 0.3) is 5.91 Å². The van der Waals surface area contributed by atoms with E-state index >= 15 is 0 Å². The minimum Gasteiger partial charge on any atom is -0.364 e. The number of thiocarbonyl (C=S) groups is 1. The van der Waals surface area contributed by atoms with Gasteiger partial charge < -0.3 is 16.4 Å². The molecule has 7 heteroatoms. The van der Waals surface area contributed by atoms with Crippen LogP contribution in [0.25, 0.3) is 0 Å². The number of nitrogens with one attached hydrogen (secondary N) is 2. The molecule has 1 aromatic carbocycles. The van der Waals surface area contributed by atoms with Gasteiger partial charge in [-0.2, -0.15) is 5.10 Å². The Morgan fingerprint density at radius 1 is 1.29 bits per heavy atom. The molecule has 6 nitrogen and oxygen atoms in total. The average molecular weight is 303 g/mol. The third kappa shape index (κ3) is 3.57. The Balaban J connectivity index is 2.15. The third-order valence-electron chi connectivity index (χ3n) is 2.95. The first-order chi connectivity index (χ1) is 9.86. The van der Waals surface area contributed by atoms with Crippen LogP contribution in [0.15, 0.2) is 24.4 Å². The number of carbonyl (C=O) groups excluding carboxylic acids is 1. The lowest BCUT2D eigenvalue weighted by Gasteiger charge is -2.12. The Hall–Kier alpha value is -2.41. The highest BCUT2D eigenvalue weighted by molar-refractivity contribution is 7.80. The minimum atomic E-state index is -0.604. The highest BCUT2D eigenvalue weighted by atomic mass is 32.1. The van der Waals surface area contributed by atoms with Gasteiger partial charge >= 0.3 is 0 Å². The first kappa shape index (κ1) is 15.0. The highest BCUT2D eigenvalue weighted by Crippen LogP contribution is 2.18. The van der Waals surface area contributed by atoms with Gasteiger partial charge in [0.1, 0.15) is 0 Å². The quantitative estimate of drug-likeness (QED) is 0.755. The number of aromatic nitrogens is 2. The molecule has 0 radical (unpaired) electrons. The van der Waals surface area contributed by atoms with E-state index in [4.69, 9.17) is 18.0 Å². The molecule has 2 rings (SSSR count). The highest BCUT2D eigenvalue weighted by Gasteiger charge is 2.14. The van der Waals surface area contributed by atoms with Crippen molar-refractivity contribution < 1.29 is 4.79 Å². The Morgan fingerprint density at radius 2 is 1.95 bits per heavy atom. The van der Waals surface area contributed by atoms with Crippen LogP contribution in [0.1, 0.15) is 21.6 Å². The molecular formula is C14H17N5OS. The lowest BCUT2D eigenvalue weighted by atomic mass is 10.1. The largest absolute Gasteiger partial charge is 0.364 e. The van der Waals surface area contributed by atoms with E-state index in [0.29, 0.717) is 10.8 Å². The van der Waals surface area contributed by atoms with Crippen molar-refractivity contribution >= 4 is 34.6 Å². The van der Waals surface area contributed by atoms with Gasteiger partial charge in [0.05, 0.1) is 5.69 Å². The van der Waals surface area contributed by atoms with Crippen molar-refractivity contribution in [3.63, 3.8) is 0 Å². The molecule has 0 bridgehead atoms. The standard InChI is InChI=1S/C14H17N5OS/c1-8-4-5-9(2)10(6-8)16-14(21)17-11-7-19(3)18-12(11)13(15)20/h4-7H,1-3H3,(H2,15,20)(H2,16,17,21). The zero-order valence-corrected chi connectivity index (χ0v) is 12.9. The van der Waals surface area contributed by atoms with Crippen LogP contribution in [0.2, 0.25) is 0 Å². The second-order valence-corrected chi connectivity index (χ2v) is 5.24. The summed E-state index contributed by atoms with van der Waals surface area (Å²) in [5, 5.41) is 10.4. The van der Waals surface area contributed by atoms with E-state index in [1.54, 1.807) is 13.2 Å². The molecule has 1 amide bonds. The van der Waals surface area contributed by atoms with Crippen molar-refractivity contribution in [2.45, 2.75) is 13.8 Å². The monoisotopic (exact) mass is 303 g/mol. The van der Waals surface area contributed by atoms with E-state index < -0.39 is 5.91 Å². The number of nitrogens with two attached hydrogens (primary N) is 1. The van der Waals surface area contributed by atoms with Crippen LogP contribution in [0, 0.1) is 13.8 Å². The number of hydrogen-bond donors (Lipinski definition) is 3. The summed E-state index contributed by atoms with van der Waals surface area (Å²) < 4.78 is 1.50. The molecule has 1 aromatic heterocycles. The van der Waals surface area contributed by atoms with Crippen molar-refractivity contribution in [3.8, 4) is 0 Å². The fourth-order valence-corrected chi connectivity index (χ4v) is 2.13. The predicted octanol–water partition coefficient (Wildman–Crippen LogP) is 1.94. The molecule has 0 atom stereocenters. The summed E-state index contributed by atoms with van der Waals surface area (Å²) in [6.07, 6.45) is 1.65. The number of carbonyl (C=O) groups is 1. The van der Waals surface area contributed by atoms with E-state index in [-0.39, 0.29) is 5.69 Å². The van der Waals surface area contributed by atoms with Crippen LogP contribution in [-0.4, -0.2) is 20.8 Å². The first-order valence-electron chi connectivity index (χ1n) is 6.35. The zero-order valence-electron chi connectivity index (χ0n) is 12.1. The molecule has 21 heavy (non-hydrogen) atoms. The average Bonchev–Trinajstić information content (AvgIpc) is 2.75. The van der Waals surface area contributed by atoms with E-state index in [9.17, 15) is 4.79 Å². The first-order valence-corrected chi connectivity index (χ1v) is 6.76. The van der Waals surface area contributed by atoms with Gasteiger partial charge in [0, 0.05) is 18.9 Å². The van der Waals surface area contributed by atoms with Gasteiger partial charge in [-0.3, -0.25) is 9.48 Å². The van der Waals surface area contributed by atoms with Gasteiger partial charge in [-0.15, -0.1) is 0 Å². The van der Waals surface area contributed by atoms with Crippen molar-refractivity contribution in [3.05, 3.63) is 41.2 Å². The van der Waals surface area contributed by atoms with Crippen LogP contribution in [-0.2, 0) is 7.05 Å². The molecule has 0 aliphatic carbocycles. The second-order valence-electron chi connectivity index (χ2n) is 4.83. The number of primary amides is 1. The van der Waals surface area contributed by atoms with Gasteiger partial charge in [0.15, 0.2) is 10.8 Å². The molecule has 0 spiro atoms. The lowest BCUT2D eigenvalue weighted by molar-refractivity contribution is 0.0995. The molecule has 1 heterocycles. The van der Waals surface area contributed by atoms with Gasteiger partial charge in [-0.1, -0.05) is 12.1 Å². The van der Waals surface area contributed by atoms with Gasteiger partial charge in [-0.25, -0.2) is 0 Å². The van der Waals surface area contributed by atoms with Gasteiger partial charge in [0.2, 0.25) is 0 Å². The summed E-state index contributed by atoms with van der Waals surface area (Å²) in [5.74, 6) is -0.604.